The number of aromatic amines is 1. The molecule has 4 N–H and O–H groups in total. The smallest absolute Gasteiger partial charge is 0.243 e. The summed E-state index contributed by atoms with van der Waals surface area (Å²) in [5.74, 6) is 4.68. The maximum atomic E-state index is 5.73. The number of nitrogens with zero attached hydrogens (tertiary/aromatic N) is 3. The first kappa shape index (κ1) is 14.7. The molecule has 2 heterocycles. The molecule has 0 amide bonds. The van der Waals surface area contributed by atoms with E-state index < -0.39 is 0 Å². The van der Waals surface area contributed by atoms with E-state index >= 15 is 0 Å². The fourth-order valence-electron chi connectivity index (χ4n) is 1.66. The Balaban J connectivity index is 1.62. The number of hydrogen-bond acceptors (Lipinski definition) is 7. The molecular formula is C12H20N6OS. The molecule has 0 unspecified atom stereocenters. The van der Waals surface area contributed by atoms with E-state index in [2.05, 4.69) is 25.4 Å². The molecule has 7 nitrogen and oxygen atoms in total. The number of furan rings is 1. The number of H-pyrrole nitrogens is 1. The Morgan fingerprint density at radius 3 is 2.90 bits per heavy atom. The summed E-state index contributed by atoms with van der Waals surface area (Å²) in [7, 11) is 4.05. The number of nitrogens with one attached hydrogen (secondary N) is 2. The fraction of sp³-hybridized carbons (Fsp3) is 0.500. The zero-order chi connectivity index (χ0) is 14.4. The van der Waals surface area contributed by atoms with Crippen LogP contribution in [0.4, 0.5) is 11.9 Å². The van der Waals surface area contributed by atoms with Gasteiger partial charge in [-0.3, -0.25) is 0 Å². The summed E-state index contributed by atoms with van der Waals surface area (Å²) in [5.41, 5.74) is 5.43. The van der Waals surface area contributed by atoms with Crippen molar-refractivity contribution in [2.75, 3.05) is 37.4 Å². The second-order valence-electron chi connectivity index (χ2n) is 4.63. The highest BCUT2D eigenvalue weighted by Gasteiger charge is 2.03. The highest BCUT2D eigenvalue weighted by atomic mass is 32.2. The Morgan fingerprint density at radius 2 is 2.20 bits per heavy atom. The molecule has 0 saturated carbocycles. The van der Waals surface area contributed by atoms with Gasteiger partial charge in [-0.25, -0.2) is 5.10 Å². The van der Waals surface area contributed by atoms with Gasteiger partial charge in [0, 0.05) is 12.3 Å². The van der Waals surface area contributed by atoms with E-state index in [-0.39, 0.29) is 0 Å². The van der Waals surface area contributed by atoms with Crippen LogP contribution in [0, 0.1) is 0 Å². The third kappa shape index (κ3) is 4.78. The zero-order valence-electron chi connectivity index (χ0n) is 11.7. The molecule has 0 bridgehead atoms. The Morgan fingerprint density at radius 1 is 1.40 bits per heavy atom. The molecule has 0 atom stereocenters. The van der Waals surface area contributed by atoms with Crippen molar-refractivity contribution in [3.05, 3.63) is 23.7 Å². The van der Waals surface area contributed by atoms with E-state index in [1.807, 2.05) is 26.2 Å². The summed E-state index contributed by atoms with van der Waals surface area (Å²) in [6, 6.07) is 4.07. The van der Waals surface area contributed by atoms with Gasteiger partial charge in [-0.2, -0.15) is 16.7 Å². The minimum Gasteiger partial charge on any atom is -0.464 e. The van der Waals surface area contributed by atoms with Crippen LogP contribution in [0.1, 0.15) is 11.5 Å². The van der Waals surface area contributed by atoms with Gasteiger partial charge < -0.3 is 20.4 Å². The molecule has 0 aliphatic rings. The second-order valence-corrected chi connectivity index (χ2v) is 5.73. The number of nitrogen functional groups attached to an aromatic ring is 1. The number of nitrogens with two attached hydrogens (primary N) is 1. The highest BCUT2D eigenvalue weighted by Crippen LogP contribution is 2.16. The van der Waals surface area contributed by atoms with Crippen LogP contribution in [0.15, 0.2) is 16.5 Å². The van der Waals surface area contributed by atoms with E-state index in [0.29, 0.717) is 11.9 Å². The van der Waals surface area contributed by atoms with Crippen molar-refractivity contribution in [3.63, 3.8) is 0 Å². The van der Waals surface area contributed by atoms with Crippen molar-refractivity contribution in [2.45, 2.75) is 12.3 Å². The first-order valence-corrected chi connectivity index (χ1v) is 7.51. The lowest BCUT2D eigenvalue weighted by atomic mass is 10.4. The van der Waals surface area contributed by atoms with Crippen molar-refractivity contribution >= 4 is 23.7 Å². The average molecular weight is 296 g/mol. The number of aromatic nitrogens is 3. The van der Waals surface area contributed by atoms with Gasteiger partial charge in [0.15, 0.2) is 0 Å². The van der Waals surface area contributed by atoms with Crippen LogP contribution in [-0.4, -0.2) is 46.5 Å². The molecule has 0 aliphatic carbocycles. The molecular weight excluding hydrogens is 276 g/mol. The lowest BCUT2D eigenvalue weighted by Crippen LogP contribution is -2.09. The molecule has 0 aromatic carbocycles. The van der Waals surface area contributed by atoms with Crippen LogP contribution in [0.2, 0.25) is 0 Å². The minimum atomic E-state index is 0.323. The van der Waals surface area contributed by atoms with E-state index in [4.69, 9.17) is 10.2 Å². The van der Waals surface area contributed by atoms with E-state index in [9.17, 15) is 0 Å². The van der Waals surface area contributed by atoms with Crippen LogP contribution in [0.5, 0.6) is 0 Å². The summed E-state index contributed by atoms with van der Waals surface area (Å²) >= 11 is 1.80. The lowest BCUT2D eigenvalue weighted by Gasteiger charge is -2.05. The van der Waals surface area contributed by atoms with Gasteiger partial charge in [-0.05, 0) is 26.2 Å². The Kier molecular flexibility index (Phi) is 5.31. The van der Waals surface area contributed by atoms with Crippen LogP contribution in [0.3, 0.4) is 0 Å². The highest BCUT2D eigenvalue weighted by molar-refractivity contribution is 7.98. The summed E-state index contributed by atoms with van der Waals surface area (Å²) < 4.78 is 5.73. The molecule has 0 radical (unpaired) electrons. The van der Waals surface area contributed by atoms with Gasteiger partial charge in [0.2, 0.25) is 11.9 Å². The zero-order valence-corrected chi connectivity index (χ0v) is 12.5. The van der Waals surface area contributed by atoms with E-state index in [1.54, 1.807) is 11.8 Å². The maximum absolute atomic E-state index is 5.73. The third-order valence-electron chi connectivity index (χ3n) is 2.47. The van der Waals surface area contributed by atoms with Crippen LogP contribution in [-0.2, 0) is 12.3 Å². The van der Waals surface area contributed by atoms with E-state index in [0.717, 1.165) is 36.1 Å². The summed E-state index contributed by atoms with van der Waals surface area (Å²) in [5, 5.41) is 9.57. The topological polar surface area (TPSA) is 96.0 Å². The Labute approximate surface area is 122 Å². The molecule has 2 aromatic rings. The van der Waals surface area contributed by atoms with Crippen LogP contribution in [0.25, 0.3) is 0 Å². The van der Waals surface area contributed by atoms with Crippen molar-refractivity contribution in [1.82, 2.24) is 20.1 Å². The first-order chi connectivity index (χ1) is 9.63. The Hall–Kier alpha value is -1.67. The van der Waals surface area contributed by atoms with Gasteiger partial charge >= 0.3 is 0 Å². The average Bonchev–Trinajstić information content (AvgIpc) is 2.98. The quantitative estimate of drug-likeness (QED) is 0.633. The van der Waals surface area contributed by atoms with Gasteiger partial charge in [0.05, 0.1) is 12.3 Å². The molecule has 2 rings (SSSR count). The predicted octanol–water partition coefficient (Wildman–Crippen LogP) is 1.39. The number of anilines is 2. The summed E-state index contributed by atoms with van der Waals surface area (Å²) in [4.78, 5) is 6.05. The standard InChI is InChI=1S/C12H20N6OS/c1-18(2)7-9-3-4-10(19-9)8-20-6-5-14-12-15-11(13)16-17-12/h3-4H,5-8H2,1-2H3,(H4,13,14,15,16,17). The number of rotatable bonds is 8. The van der Waals surface area contributed by atoms with Crippen LogP contribution >= 0.6 is 11.8 Å². The molecule has 0 fully saturated rings. The van der Waals surface area contributed by atoms with Crippen LogP contribution < -0.4 is 11.1 Å². The summed E-state index contributed by atoms with van der Waals surface area (Å²) in [6.45, 7) is 1.62. The third-order valence-corrected chi connectivity index (χ3v) is 3.45. The molecule has 20 heavy (non-hydrogen) atoms. The van der Waals surface area contributed by atoms with Crippen molar-refractivity contribution in [2.24, 2.45) is 0 Å². The maximum Gasteiger partial charge on any atom is 0.243 e. The number of thioether (sulfide) groups is 1. The summed E-state index contributed by atoms with van der Waals surface area (Å²) in [6.07, 6.45) is 0. The van der Waals surface area contributed by atoms with Gasteiger partial charge in [-0.15, -0.1) is 5.10 Å². The Bertz CT molecular complexity index is 524. The largest absolute Gasteiger partial charge is 0.464 e. The van der Waals surface area contributed by atoms with Crippen molar-refractivity contribution in [3.8, 4) is 0 Å². The van der Waals surface area contributed by atoms with Gasteiger partial charge in [-0.1, -0.05) is 0 Å². The van der Waals surface area contributed by atoms with Gasteiger partial charge in [0.25, 0.3) is 0 Å². The molecule has 110 valence electrons. The van der Waals surface area contributed by atoms with Crippen molar-refractivity contribution in [1.29, 1.82) is 0 Å². The van der Waals surface area contributed by atoms with Gasteiger partial charge in [0.1, 0.15) is 11.5 Å². The van der Waals surface area contributed by atoms with E-state index in [1.165, 1.54) is 0 Å². The second kappa shape index (κ2) is 7.20. The molecule has 0 spiro atoms. The minimum absolute atomic E-state index is 0.323. The lowest BCUT2D eigenvalue weighted by molar-refractivity contribution is 0.344. The first-order valence-electron chi connectivity index (χ1n) is 6.35. The predicted molar refractivity (Wildman–Crippen MR) is 81.5 cm³/mol. The molecule has 0 saturated heterocycles. The normalized spacial score (nSPS) is 11.2. The fourth-order valence-corrected chi connectivity index (χ4v) is 2.40. The number of hydrogen-bond donors (Lipinski definition) is 3. The monoisotopic (exact) mass is 296 g/mol. The van der Waals surface area contributed by atoms with Crippen molar-refractivity contribution < 1.29 is 4.42 Å². The molecule has 8 heteroatoms. The molecule has 0 aliphatic heterocycles. The molecule has 2 aromatic heterocycles. The SMILES string of the molecule is CN(C)Cc1ccc(CSCCNc2n[nH]c(N)n2)o1.